The van der Waals surface area contributed by atoms with Gasteiger partial charge in [-0.2, -0.15) is 5.10 Å². The van der Waals surface area contributed by atoms with Gasteiger partial charge in [0.05, 0.1) is 5.41 Å². The molecule has 3 aromatic rings. The van der Waals surface area contributed by atoms with Crippen molar-refractivity contribution in [2.45, 2.75) is 37.3 Å². The highest BCUT2D eigenvalue weighted by atomic mass is 19.1. The van der Waals surface area contributed by atoms with Crippen LogP contribution < -0.4 is 0 Å². The molecule has 0 N–H and O–H groups in total. The Hall–Kier alpha value is -2.54. The number of benzene rings is 1. The molecule has 26 heavy (non-hydrogen) atoms. The van der Waals surface area contributed by atoms with E-state index in [-0.39, 0.29) is 17.8 Å². The molecule has 134 valence electrons. The highest BCUT2D eigenvalue weighted by molar-refractivity contribution is 5.39. The summed E-state index contributed by atoms with van der Waals surface area (Å²) in [5.74, 6) is 0.980. The van der Waals surface area contributed by atoms with Crippen molar-refractivity contribution < 1.29 is 13.5 Å². The summed E-state index contributed by atoms with van der Waals surface area (Å²) in [7, 11) is 0. The second-order valence-electron chi connectivity index (χ2n) is 7.08. The van der Waals surface area contributed by atoms with Gasteiger partial charge in [-0.25, -0.2) is 4.39 Å². The molecule has 0 radical (unpaired) electrons. The van der Waals surface area contributed by atoms with E-state index >= 15 is 0 Å². The van der Waals surface area contributed by atoms with Gasteiger partial charge in [-0.3, -0.25) is 4.68 Å². The fraction of sp³-hybridized carbons (Fsp3) is 0.421. The fourth-order valence-electron chi connectivity index (χ4n) is 3.86. The second kappa shape index (κ2) is 6.02. The highest BCUT2D eigenvalue weighted by Crippen LogP contribution is 2.54. The highest BCUT2D eigenvalue weighted by Gasteiger charge is 2.52. The molecule has 0 unspecified atom stereocenters. The first kappa shape index (κ1) is 15.7. The SMILES string of the molecule is Fc1ccccc1C1(c2nnc([C@H]3OCC[C@H]3Cn3cccn3)o2)CC1. The van der Waals surface area contributed by atoms with Crippen LogP contribution in [0.15, 0.2) is 47.1 Å². The summed E-state index contributed by atoms with van der Waals surface area (Å²) in [6.45, 7) is 1.40. The maximum atomic E-state index is 14.3. The van der Waals surface area contributed by atoms with Crippen LogP contribution in [0.2, 0.25) is 0 Å². The third-order valence-electron chi connectivity index (χ3n) is 5.43. The fourth-order valence-corrected chi connectivity index (χ4v) is 3.86. The van der Waals surface area contributed by atoms with Crippen LogP contribution in [0.4, 0.5) is 4.39 Å². The Labute approximate surface area is 150 Å². The quantitative estimate of drug-likeness (QED) is 0.704. The smallest absolute Gasteiger partial charge is 0.245 e. The predicted octanol–water partition coefficient (Wildman–Crippen LogP) is 3.26. The van der Waals surface area contributed by atoms with Gasteiger partial charge in [0.15, 0.2) is 0 Å². The second-order valence-corrected chi connectivity index (χ2v) is 7.08. The summed E-state index contributed by atoms with van der Waals surface area (Å²) in [5, 5.41) is 12.8. The van der Waals surface area contributed by atoms with Crippen molar-refractivity contribution in [2.75, 3.05) is 6.61 Å². The number of aromatic nitrogens is 4. The topological polar surface area (TPSA) is 66.0 Å². The third kappa shape index (κ3) is 2.54. The zero-order chi connectivity index (χ0) is 17.6. The molecular formula is C19H19FN4O2. The van der Waals surface area contributed by atoms with E-state index in [9.17, 15) is 4.39 Å². The molecule has 1 aliphatic heterocycles. The van der Waals surface area contributed by atoms with E-state index in [2.05, 4.69) is 15.3 Å². The van der Waals surface area contributed by atoms with E-state index in [1.54, 1.807) is 18.3 Å². The first-order valence-corrected chi connectivity index (χ1v) is 8.94. The van der Waals surface area contributed by atoms with Crippen LogP contribution in [0.5, 0.6) is 0 Å². The van der Waals surface area contributed by atoms with Crippen LogP contribution in [0, 0.1) is 11.7 Å². The largest absolute Gasteiger partial charge is 0.421 e. The van der Waals surface area contributed by atoms with Gasteiger partial charge in [0.25, 0.3) is 0 Å². The van der Waals surface area contributed by atoms with Crippen LogP contribution in [0.3, 0.4) is 0 Å². The summed E-state index contributed by atoms with van der Waals surface area (Å²) in [6, 6.07) is 8.73. The summed E-state index contributed by atoms with van der Waals surface area (Å²) < 4.78 is 28.0. The Morgan fingerprint density at radius 1 is 1.19 bits per heavy atom. The number of rotatable bonds is 5. The Balaban J connectivity index is 1.41. The lowest BCUT2D eigenvalue weighted by molar-refractivity contribution is 0.0616. The van der Waals surface area contributed by atoms with Gasteiger partial charge in [-0.15, -0.1) is 10.2 Å². The van der Waals surface area contributed by atoms with Gasteiger partial charge in [0.2, 0.25) is 11.8 Å². The summed E-state index contributed by atoms with van der Waals surface area (Å²) in [5.41, 5.74) is 0.155. The minimum absolute atomic E-state index is 0.224. The Kier molecular flexibility index (Phi) is 3.63. The van der Waals surface area contributed by atoms with E-state index in [4.69, 9.17) is 9.15 Å². The molecule has 1 aliphatic carbocycles. The van der Waals surface area contributed by atoms with Gasteiger partial charge in [-0.05, 0) is 31.4 Å². The number of nitrogens with zero attached hydrogens (tertiary/aromatic N) is 4. The van der Waals surface area contributed by atoms with Crippen LogP contribution >= 0.6 is 0 Å². The van der Waals surface area contributed by atoms with E-state index in [0.717, 1.165) is 25.8 Å². The number of hydrogen-bond donors (Lipinski definition) is 0. The average molecular weight is 354 g/mol. The van der Waals surface area contributed by atoms with Crippen LogP contribution in [0.25, 0.3) is 0 Å². The predicted molar refractivity (Wildman–Crippen MR) is 89.7 cm³/mol. The standard InChI is InChI=1S/C19H19FN4O2/c20-15-5-2-1-4-14(15)19(7-8-19)18-23-22-17(26-18)16-13(6-11-25-16)12-24-10-3-9-21-24/h1-5,9-10,13,16H,6-8,11-12H2/t13-,16-/m0/s1. The molecule has 0 bridgehead atoms. The molecule has 5 rings (SSSR count). The molecule has 1 saturated carbocycles. The third-order valence-corrected chi connectivity index (χ3v) is 5.43. The monoisotopic (exact) mass is 354 g/mol. The molecule has 2 atom stereocenters. The first-order valence-electron chi connectivity index (χ1n) is 8.94. The summed E-state index contributed by atoms with van der Waals surface area (Å²) in [6.07, 6.45) is 6.01. The molecule has 7 heteroatoms. The number of hydrogen-bond acceptors (Lipinski definition) is 5. The molecule has 2 aliphatic rings. The van der Waals surface area contributed by atoms with Gasteiger partial charge in [0, 0.05) is 37.0 Å². The van der Waals surface area contributed by atoms with Crippen molar-refractivity contribution in [2.24, 2.45) is 5.92 Å². The lowest BCUT2D eigenvalue weighted by atomic mass is 9.95. The van der Waals surface area contributed by atoms with E-state index < -0.39 is 5.41 Å². The maximum absolute atomic E-state index is 14.3. The van der Waals surface area contributed by atoms with Crippen LogP contribution in [-0.4, -0.2) is 26.6 Å². The van der Waals surface area contributed by atoms with Crippen molar-refractivity contribution in [1.29, 1.82) is 0 Å². The summed E-state index contributed by atoms with van der Waals surface area (Å²) in [4.78, 5) is 0. The van der Waals surface area contributed by atoms with Crippen molar-refractivity contribution in [3.63, 3.8) is 0 Å². The lowest BCUT2D eigenvalue weighted by Gasteiger charge is -2.15. The van der Waals surface area contributed by atoms with E-state index in [1.807, 2.05) is 23.0 Å². The molecule has 0 amide bonds. The van der Waals surface area contributed by atoms with Crippen LogP contribution in [-0.2, 0) is 16.7 Å². The number of ether oxygens (including phenoxy) is 1. The van der Waals surface area contributed by atoms with E-state index in [0.29, 0.717) is 24.0 Å². The average Bonchev–Trinajstić information content (AvgIpc) is 3.07. The summed E-state index contributed by atoms with van der Waals surface area (Å²) >= 11 is 0. The Morgan fingerprint density at radius 2 is 2.08 bits per heavy atom. The van der Waals surface area contributed by atoms with Crippen molar-refractivity contribution in [1.82, 2.24) is 20.0 Å². The van der Waals surface area contributed by atoms with Gasteiger partial charge >= 0.3 is 0 Å². The first-order chi connectivity index (χ1) is 12.8. The lowest BCUT2D eigenvalue weighted by Crippen LogP contribution is -2.15. The van der Waals surface area contributed by atoms with Crippen molar-refractivity contribution in [3.05, 3.63) is 65.9 Å². The zero-order valence-corrected chi connectivity index (χ0v) is 14.2. The molecule has 3 heterocycles. The maximum Gasteiger partial charge on any atom is 0.245 e. The van der Waals surface area contributed by atoms with E-state index in [1.165, 1.54) is 6.07 Å². The zero-order valence-electron chi connectivity index (χ0n) is 14.2. The van der Waals surface area contributed by atoms with Gasteiger partial charge < -0.3 is 9.15 Å². The Morgan fingerprint density at radius 3 is 2.85 bits per heavy atom. The minimum Gasteiger partial charge on any atom is -0.421 e. The molecule has 2 aromatic heterocycles. The van der Waals surface area contributed by atoms with Crippen molar-refractivity contribution >= 4 is 0 Å². The molecule has 1 aromatic carbocycles. The molecular weight excluding hydrogens is 335 g/mol. The minimum atomic E-state index is -0.479. The Bertz CT molecular complexity index is 904. The molecule has 0 spiro atoms. The molecule has 6 nitrogen and oxygen atoms in total. The van der Waals surface area contributed by atoms with Crippen LogP contribution in [0.1, 0.15) is 42.7 Å². The van der Waals surface area contributed by atoms with Gasteiger partial charge in [-0.1, -0.05) is 18.2 Å². The van der Waals surface area contributed by atoms with Crippen molar-refractivity contribution in [3.8, 4) is 0 Å². The molecule has 1 saturated heterocycles. The van der Waals surface area contributed by atoms with Gasteiger partial charge in [0.1, 0.15) is 11.9 Å². The molecule has 2 fully saturated rings. The number of halogens is 1. The normalized spacial score (nSPS) is 24.0.